The van der Waals surface area contributed by atoms with E-state index in [1.54, 1.807) is 0 Å². The molecule has 110 valence electrons. The van der Waals surface area contributed by atoms with E-state index in [1.165, 1.54) is 62.7 Å². The highest BCUT2D eigenvalue weighted by Crippen LogP contribution is 2.29. The fraction of sp³-hybridized carbons (Fsp3) is 0.933. The lowest BCUT2D eigenvalue weighted by Crippen LogP contribution is -2.43. The van der Waals surface area contributed by atoms with Gasteiger partial charge in [-0.1, -0.05) is 32.5 Å². The van der Waals surface area contributed by atoms with Gasteiger partial charge in [0.25, 0.3) is 0 Å². The number of amidine groups is 1. The van der Waals surface area contributed by atoms with Crippen LogP contribution in [0.4, 0.5) is 0 Å². The predicted octanol–water partition coefficient (Wildman–Crippen LogP) is 3.11. The van der Waals surface area contributed by atoms with Crippen molar-refractivity contribution >= 4 is 16.9 Å². The van der Waals surface area contributed by atoms with Crippen LogP contribution in [0.15, 0.2) is 4.99 Å². The number of hydrogen-bond donors (Lipinski definition) is 1. The summed E-state index contributed by atoms with van der Waals surface area (Å²) in [6.45, 7) is 10.5. The largest absolute Gasteiger partial charge is 0.359 e. The summed E-state index contributed by atoms with van der Waals surface area (Å²) in [6, 6.07) is 0.549. The zero-order valence-corrected chi connectivity index (χ0v) is 13.6. The zero-order chi connectivity index (χ0) is 13.7. The smallest absolute Gasteiger partial charge is 0.157 e. The first-order valence-corrected chi connectivity index (χ1v) is 8.91. The number of nitrogens with one attached hydrogen (secondary N) is 1. The number of rotatable bonds is 5. The van der Waals surface area contributed by atoms with Crippen LogP contribution >= 0.6 is 11.8 Å². The van der Waals surface area contributed by atoms with Crippen LogP contribution in [0.2, 0.25) is 0 Å². The van der Waals surface area contributed by atoms with Crippen molar-refractivity contribution in [2.45, 2.75) is 64.5 Å². The van der Waals surface area contributed by atoms with Crippen LogP contribution in [0.5, 0.6) is 0 Å². The first kappa shape index (κ1) is 15.2. The monoisotopic (exact) mass is 283 g/mol. The van der Waals surface area contributed by atoms with Crippen LogP contribution < -0.4 is 5.32 Å². The molecule has 0 saturated carbocycles. The summed E-state index contributed by atoms with van der Waals surface area (Å²) in [6.07, 6.45) is 6.13. The predicted molar refractivity (Wildman–Crippen MR) is 86.1 cm³/mol. The fourth-order valence-electron chi connectivity index (χ4n) is 2.96. The van der Waals surface area contributed by atoms with Crippen molar-refractivity contribution in [2.75, 3.05) is 25.4 Å². The van der Waals surface area contributed by atoms with Crippen molar-refractivity contribution in [3.05, 3.63) is 0 Å². The van der Waals surface area contributed by atoms with Gasteiger partial charge in [0.05, 0.1) is 6.04 Å². The second-order valence-electron chi connectivity index (χ2n) is 5.91. The summed E-state index contributed by atoms with van der Waals surface area (Å²) < 4.78 is 0. The highest BCUT2D eigenvalue weighted by Gasteiger charge is 2.34. The quantitative estimate of drug-likeness (QED) is 0.840. The molecule has 0 amide bonds. The second-order valence-corrected chi connectivity index (χ2v) is 6.87. The van der Waals surface area contributed by atoms with E-state index >= 15 is 0 Å². The molecular formula is C15H29N3S. The third-order valence-corrected chi connectivity index (χ3v) is 5.79. The molecule has 0 spiro atoms. The number of thioether (sulfide) groups is 1. The van der Waals surface area contributed by atoms with Crippen molar-refractivity contribution in [3.63, 3.8) is 0 Å². The molecule has 2 rings (SSSR count). The molecule has 0 aromatic carbocycles. The third-order valence-electron chi connectivity index (χ3n) is 4.61. The van der Waals surface area contributed by atoms with Gasteiger partial charge in [0.15, 0.2) is 5.17 Å². The molecule has 0 aliphatic carbocycles. The Bertz CT molecular complexity index is 305. The van der Waals surface area contributed by atoms with Crippen LogP contribution in [0.1, 0.15) is 52.9 Å². The molecule has 2 heterocycles. The Hall–Kier alpha value is -0.220. The zero-order valence-electron chi connectivity index (χ0n) is 12.7. The first-order chi connectivity index (χ1) is 9.21. The number of nitrogens with zero attached hydrogens (tertiary/aromatic N) is 2. The first-order valence-electron chi connectivity index (χ1n) is 7.92. The summed E-state index contributed by atoms with van der Waals surface area (Å²) in [4.78, 5) is 7.54. The number of piperidine rings is 1. The van der Waals surface area contributed by atoms with Gasteiger partial charge in [-0.25, -0.2) is 0 Å². The highest BCUT2D eigenvalue weighted by molar-refractivity contribution is 8.14. The molecule has 0 aromatic rings. The van der Waals surface area contributed by atoms with Gasteiger partial charge < -0.3 is 10.2 Å². The molecule has 1 N–H and O–H groups in total. The third kappa shape index (κ3) is 3.88. The topological polar surface area (TPSA) is 27.6 Å². The summed E-state index contributed by atoms with van der Waals surface area (Å²) >= 11 is 1.93. The van der Waals surface area contributed by atoms with E-state index in [4.69, 9.17) is 4.99 Å². The molecule has 19 heavy (non-hydrogen) atoms. The number of likely N-dealkylation sites (tertiary alicyclic amines) is 1. The molecule has 2 saturated heterocycles. The maximum absolute atomic E-state index is 4.96. The van der Waals surface area contributed by atoms with Crippen LogP contribution in [-0.2, 0) is 0 Å². The Morgan fingerprint density at radius 3 is 2.47 bits per heavy atom. The van der Waals surface area contributed by atoms with Gasteiger partial charge in [0.2, 0.25) is 0 Å². The van der Waals surface area contributed by atoms with Crippen molar-refractivity contribution in [2.24, 2.45) is 4.99 Å². The van der Waals surface area contributed by atoms with Gasteiger partial charge >= 0.3 is 0 Å². The van der Waals surface area contributed by atoms with E-state index in [0.717, 1.165) is 0 Å². The van der Waals surface area contributed by atoms with Gasteiger partial charge in [0, 0.05) is 24.4 Å². The Kier molecular flexibility index (Phi) is 5.58. The molecule has 0 atom stereocenters. The average Bonchev–Trinajstić information content (AvgIpc) is 2.85. The maximum atomic E-state index is 4.96. The highest BCUT2D eigenvalue weighted by atomic mass is 32.2. The van der Waals surface area contributed by atoms with Crippen LogP contribution in [0, 0.1) is 0 Å². The van der Waals surface area contributed by atoms with Crippen LogP contribution in [0.3, 0.4) is 0 Å². The number of aliphatic imine (C=N–C) groups is 1. The van der Waals surface area contributed by atoms with Crippen LogP contribution in [-0.4, -0.2) is 47.0 Å². The minimum Gasteiger partial charge on any atom is -0.359 e. The lowest BCUT2D eigenvalue weighted by molar-refractivity contribution is 0.214. The number of hydrogen-bond acceptors (Lipinski definition) is 3. The fourth-order valence-corrected chi connectivity index (χ4v) is 4.37. The van der Waals surface area contributed by atoms with E-state index in [0.29, 0.717) is 11.6 Å². The molecule has 0 unspecified atom stereocenters. The van der Waals surface area contributed by atoms with Gasteiger partial charge in [-0.15, -0.1) is 0 Å². The van der Waals surface area contributed by atoms with Gasteiger partial charge in [0.1, 0.15) is 0 Å². The summed E-state index contributed by atoms with van der Waals surface area (Å²) in [5, 5.41) is 4.89. The average molecular weight is 283 g/mol. The van der Waals surface area contributed by atoms with Gasteiger partial charge in [-0.3, -0.25) is 4.99 Å². The van der Waals surface area contributed by atoms with Crippen molar-refractivity contribution < 1.29 is 0 Å². The molecule has 0 bridgehead atoms. The Balaban J connectivity index is 1.83. The molecule has 3 nitrogen and oxygen atoms in total. The minimum absolute atomic E-state index is 0.312. The molecular weight excluding hydrogens is 254 g/mol. The van der Waals surface area contributed by atoms with E-state index in [-0.39, 0.29) is 0 Å². The Labute approximate surface area is 122 Å². The Morgan fingerprint density at radius 2 is 1.95 bits per heavy atom. The molecule has 2 fully saturated rings. The lowest BCUT2D eigenvalue weighted by atomic mass is 9.96. The SMILES string of the molecule is CCCN1CCC(N=C2NC(CC)(CC)CS2)CC1. The maximum Gasteiger partial charge on any atom is 0.157 e. The normalized spacial score (nSPS) is 26.8. The van der Waals surface area contributed by atoms with Crippen molar-refractivity contribution in [1.29, 1.82) is 0 Å². The van der Waals surface area contributed by atoms with Crippen LogP contribution in [0.25, 0.3) is 0 Å². The molecule has 2 aliphatic rings. The standard InChI is InChI=1S/C15H29N3S/c1-4-9-18-10-7-13(8-11-18)16-14-17-15(5-2,6-3)12-19-14/h13H,4-12H2,1-3H3,(H,16,17). The van der Waals surface area contributed by atoms with Crippen molar-refractivity contribution in [3.8, 4) is 0 Å². The van der Waals surface area contributed by atoms with E-state index in [1.807, 2.05) is 11.8 Å². The van der Waals surface area contributed by atoms with E-state index in [9.17, 15) is 0 Å². The van der Waals surface area contributed by atoms with E-state index in [2.05, 4.69) is 31.0 Å². The summed E-state index contributed by atoms with van der Waals surface area (Å²) in [7, 11) is 0. The molecule has 2 aliphatic heterocycles. The molecule has 4 heteroatoms. The molecule has 0 aromatic heterocycles. The second kappa shape index (κ2) is 6.98. The van der Waals surface area contributed by atoms with E-state index < -0.39 is 0 Å². The Morgan fingerprint density at radius 1 is 1.26 bits per heavy atom. The van der Waals surface area contributed by atoms with Gasteiger partial charge in [-0.2, -0.15) is 0 Å². The lowest BCUT2D eigenvalue weighted by Gasteiger charge is -2.30. The molecule has 0 radical (unpaired) electrons. The van der Waals surface area contributed by atoms with Gasteiger partial charge in [-0.05, 0) is 38.6 Å². The van der Waals surface area contributed by atoms with Crippen molar-refractivity contribution in [1.82, 2.24) is 10.2 Å². The minimum atomic E-state index is 0.312. The summed E-state index contributed by atoms with van der Waals surface area (Å²) in [5.41, 5.74) is 0.312. The summed E-state index contributed by atoms with van der Waals surface area (Å²) in [5.74, 6) is 1.19.